The number of amides is 1. The fraction of sp³-hybridized carbons (Fsp3) is 0.482. The Balaban J connectivity index is 0.970. The second kappa shape index (κ2) is 30.4. The smallest absolute Gasteiger partial charge is 0.351 e. The largest absolute Gasteiger partial charge is 0.481 e. The van der Waals surface area contributed by atoms with Crippen molar-refractivity contribution >= 4 is 47.9 Å². The van der Waals surface area contributed by atoms with Crippen LogP contribution in [0.5, 0.6) is 0 Å². The lowest BCUT2D eigenvalue weighted by Gasteiger charge is -2.44. The van der Waals surface area contributed by atoms with Crippen molar-refractivity contribution in [2.24, 2.45) is 10.9 Å². The summed E-state index contributed by atoms with van der Waals surface area (Å²) in [6.45, 7) is 4.09. The van der Waals surface area contributed by atoms with Crippen LogP contribution < -0.4 is 11.0 Å². The molecule has 6 rings (SSSR count). The molecule has 9 atom stereocenters. The number of nitrogens with one attached hydrogen (secondary N) is 1. The van der Waals surface area contributed by atoms with Gasteiger partial charge in [0, 0.05) is 52.4 Å². The second-order valence-corrected chi connectivity index (χ2v) is 18.8. The molecule has 77 heavy (non-hydrogen) atoms. The van der Waals surface area contributed by atoms with Gasteiger partial charge in [0.25, 0.3) is 0 Å². The Bertz CT molecular complexity index is 2620. The van der Waals surface area contributed by atoms with Crippen molar-refractivity contribution in [2.75, 3.05) is 40.5 Å². The van der Waals surface area contributed by atoms with Crippen molar-refractivity contribution in [3.05, 3.63) is 130 Å². The summed E-state index contributed by atoms with van der Waals surface area (Å²) < 4.78 is 49.9. The number of carbonyl (C=O) groups excluding carboxylic acids is 5. The van der Waals surface area contributed by atoms with E-state index in [0.29, 0.717) is 44.2 Å². The molecule has 4 aromatic rings. The zero-order valence-corrected chi connectivity index (χ0v) is 43.8. The predicted molar refractivity (Wildman–Crippen MR) is 278 cm³/mol. The summed E-state index contributed by atoms with van der Waals surface area (Å²) in [6.07, 6.45) is -1.13. The molecule has 2 aliphatic heterocycles. The van der Waals surface area contributed by atoms with Crippen LogP contribution in [0, 0.1) is 5.92 Å². The van der Waals surface area contributed by atoms with Crippen LogP contribution in [0.2, 0.25) is 0 Å². The maximum absolute atomic E-state index is 13.5. The number of hydrogen-bond acceptors (Lipinski definition) is 17. The van der Waals surface area contributed by atoms with E-state index in [1.54, 1.807) is 123 Å². The second-order valence-electron chi connectivity index (χ2n) is 18.8. The Labute approximate surface area is 447 Å². The minimum absolute atomic E-state index is 0.129. The monoisotopic (exact) mass is 1070 g/mol. The fourth-order valence-electron chi connectivity index (χ4n) is 8.58. The average Bonchev–Trinajstić information content (AvgIpc) is 3.79. The summed E-state index contributed by atoms with van der Waals surface area (Å²) >= 11 is 0. The first-order valence-electron chi connectivity index (χ1n) is 26.0. The van der Waals surface area contributed by atoms with E-state index in [9.17, 15) is 33.6 Å². The number of hydrogen-bond donors (Lipinski definition) is 2. The standard InChI is InChI=1S/C56H69N5O16/c1-5-41-48(75-46(65)29-28-45(63)64)50(51(73-41)61-32-30-43(59-56(61)69)58-36-60(3)4)70-33-19-7-6-18-31-57-44(62)27-17-20-34-71-55-37(2)47(76-53(67)39-23-13-9-14-24-39)49(77-54(68)40-25-15-10-16-26-40)42(74-55)35-72-52(66)38-21-11-8-12-22-38/h8-16,21-26,30,32,36-37,41-42,47-51,55H,5-7,17-20,27-29,31,33-35H2,1-4H3,(H,57,62)(H,63,64)/t37-,41-,42-,47-,48+,49+,50?,51-,55-/m1/s1. The molecule has 2 N–H and O–H groups in total. The molecule has 3 heterocycles. The minimum atomic E-state index is -1.21. The van der Waals surface area contributed by atoms with Crippen LogP contribution >= 0.6 is 0 Å². The molecule has 0 radical (unpaired) electrons. The van der Waals surface area contributed by atoms with E-state index in [4.69, 9.17) is 43.0 Å². The van der Waals surface area contributed by atoms with Crippen molar-refractivity contribution in [3.63, 3.8) is 0 Å². The Morgan fingerprint density at radius 2 is 1.27 bits per heavy atom. The summed E-state index contributed by atoms with van der Waals surface area (Å²) in [7, 11) is 3.56. The van der Waals surface area contributed by atoms with Crippen molar-refractivity contribution in [2.45, 2.75) is 127 Å². The van der Waals surface area contributed by atoms with Crippen LogP contribution in [0.4, 0.5) is 5.82 Å². The van der Waals surface area contributed by atoms with E-state index in [1.807, 2.05) is 6.92 Å². The van der Waals surface area contributed by atoms with Gasteiger partial charge in [-0.15, -0.1) is 0 Å². The first kappa shape index (κ1) is 58.9. The van der Waals surface area contributed by atoms with Crippen LogP contribution in [0.1, 0.15) is 115 Å². The molecular formula is C56H69N5O16. The van der Waals surface area contributed by atoms with E-state index in [1.165, 1.54) is 17.1 Å². The third-order valence-electron chi connectivity index (χ3n) is 12.6. The number of carboxylic acids is 1. The molecule has 21 nitrogen and oxygen atoms in total. The third-order valence-corrected chi connectivity index (χ3v) is 12.6. The summed E-state index contributed by atoms with van der Waals surface area (Å²) in [6, 6.07) is 26.6. The number of carbonyl (C=O) groups is 6. The molecule has 0 aliphatic carbocycles. The topological polar surface area (TPSA) is 259 Å². The number of carboxylic acid groups (broad SMARTS) is 1. The lowest BCUT2D eigenvalue weighted by molar-refractivity contribution is -0.281. The van der Waals surface area contributed by atoms with Gasteiger partial charge in [0.1, 0.15) is 24.9 Å². The molecule has 0 saturated carbocycles. The van der Waals surface area contributed by atoms with Gasteiger partial charge in [0.15, 0.2) is 30.5 Å². The summed E-state index contributed by atoms with van der Waals surface area (Å²) in [5.74, 6) is -4.45. The SMILES string of the molecule is CC[C@H]1O[C@@H](n2ccc(N=CN(C)C)nc2=O)C(OCCCCCCNC(=O)CCCCO[C@@H]2O[C@H](COC(=O)c3ccccc3)[C@H](OC(=O)c3ccccc3)[C@H](OC(=O)c3ccccc3)[C@H]2C)[C@H]1OC(=O)CCC(=O)O. The summed E-state index contributed by atoms with van der Waals surface area (Å²) in [4.78, 5) is 100.0. The Morgan fingerprint density at radius 1 is 0.688 bits per heavy atom. The number of ether oxygens (including phenoxy) is 8. The van der Waals surface area contributed by atoms with Crippen LogP contribution in [0.15, 0.2) is 113 Å². The van der Waals surface area contributed by atoms with Crippen LogP contribution in [-0.4, -0.2) is 145 Å². The van der Waals surface area contributed by atoms with Gasteiger partial charge >= 0.3 is 35.5 Å². The molecular weight excluding hydrogens is 999 g/mol. The highest BCUT2D eigenvalue weighted by Crippen LogP contribution is 2.36. The molecule has 1 amide bonds. The van der Waals surface area contributed by atoms with E-state index in [2.05, 4.69) is 15.3 Å². The third kappa shape index (κ3) is 18.2. The number of unbranched alkanes of at least 4 members (excludes halogenated alkanes) is 4. The van der Waals surface area contributed by atoms with Gasteiger partial charge in [-0.2, -0.15) is 4.98 Å². The van der Waals surface area contributed by atoms with Gasteiger partial charge in [0.05, 0.1) is 42.0 Å². The molecule has 0 spiro atoms. The Kier molecular flexibility index (Phi) is 23.3. The molecule has 1 unspecified atom stereocenters. The Morgan fingerprint density at radius 3 is 1.88 bits per heavy atom. The van der Waals surface area contributed by atoms with Crippen molar-refractivity contribution in [3.8, 4) is 0 Å². The van der Waals surface area contributed by atoms with Crippen molar-refractivity contribution in [1.82, 2.24) is 19.8 Å². The van der Waals surface area contributed by atoms with E-state index < -0.39 is 97.0 Å². The number of esters is 4. The average molecular weight is 1070 g/mol. The normalized spacial score (nSPS) is 21.9. The summed E-state index contributed by atoms with van der Waals surface area (Å²) in [5.41, 5.74) is 0.196. The number of aromatic nitrogens is 2. The summed E-state index contributed by atoms with van der Waals surface area (Å²) in [5, 5.41) is 12.1. The number of aliphatic carboxylic acids is 1. The molecule has 414 valence electrons. The minimum Gasteiger partial charge on any atom is -0.481 e. The van der Waals surface area contributed by atoms with Gasteiger partial charge < -0.3 is 53.2 Å². The molecule has 2 saturated heterocycles. The highest BCUT2D eigenvalue weighted by atomic mass is 16.7. The number of rotatable bonds is 29. The lowest BCUT2D eigenvalue weighted by Crippen LogP contribution is -2.58. The van der Waals surface area contributed by atoms with Crippen LogP contribution in [0.25, 0.3) is 0 Å². The molecule has 0 bridgehead atoms. The lowest BCUT2D eigenvalue weighted by atomic mass is 9.91. The van der Waals surface area contributed by atoms with Gasteiger partial charge in [-0.1, -0.05) is 81.3 Å². The Hall–Kier alpha value is -7.33. The quantitative estimate of drug-likeness (QED) is 0.0194. The van der Waals surface area contributed by atoms with Gasteiger partial charge in [0.2, 0.25) is 5.91 Å². The zero-order chi connectivity index (χ0) is 55.1. The highest BCUT2D eigenvalue weighted by molar-refractivity contribution is 5.91. The maximum Gasteiger partial charge on any atom is 0.351 e. The van der Waals surface area contributed by atoms with Gasteiger partial charge in [-0.05, 0) is 74.6 Å². The number of nitrogens with zero attached hydrogens (tertiary/aromatic N) is 4. The fourth-order valence-corrected chi connectivity index (χ4v) is 8.58. The van der Waals surface area contributed by atoms with Crippen LogP contribution in [0.3, 0.4) is 0 Å². The predicted octanol–water partition coefficient (Wildman–Crippen LogP) is 6.47. The number of aliphatic imine (C=N–C) groups is 1. The zero-order valence-electron chi connectivity index (χ0n) is 43.8. The highest BCUT2D eigenvalue weighted by Gasteiger charge is 2.50. The first-order valence-corrected chi connectivity index (χ1v) is 26.0. The van der Waals surface area contributed by atoms with Gasteiger partial charge in [-0.25, -0.2) is 24.2 Å². The molecule has 2 aliphatic rings. The van der Waals surface area contributed by atoms with E-state index in [0.717, 1.165) is 12.8 Å². The molecule has 21 heteroatoms. The van der Waals surface area contributed by atoms with Crippen molar-refractivity contribution in [1.29, 1.82) is 0 Å². The van der Waals surface area contributed by atoms with Gasteiger partial charge in [-0.3, -0.25) is 19.0 Å². The molecule has 2 fully saturated rings. The van der Waals surface area contributed by atoms with E-state index in [-0.39, 0.29) is 55.5 Å². The van der Waals surface area contributed by atoms with Crippen molar-refractivity contribution < 1.29 is 71.8 Å². The van der Waals surface area contributed by atoms with Crippen LogP contribution in [-0.2, 0) is 52.3 Å². The molecule has 3 aromatic carbocycles. The van der Waals surface area contributed by atoms with E-state index >= 15 is 0 Å². The first-order chi connectivity index (χ1) is 37.2. The number of benzene rings is 3. The molecule has 1 aromatic heterocycles. The maximum atomic E-state index is 13.5.